The van der Waals surface area contributed by atoms with Gasteiger partial charge in [0.05, 0.1) is 0 Å². The highest BCUT2D eigenvalue weighted by Gasteiger charge is 2.11. The van der Waals surface area contributed by atoms with Crippen molar-refractivity contribution < 1.29 is 9.50 Å². The molecule has 0 saturated carbocycles. The minimum absolute atomic E-state index is 0.0396. The van der Waals surface area contributed by atoms with Crippen LogP contribution in [0.3, 0.4) is 0 Å². The predicted molar refractivity (Wildman–Crippen MR) is 59.1 cm³/mol. The van der Waals surface area contributed by atoms with Crippen LogP contribution in [0.1, 0.15) is 31.4 Å². The molecule has 0 radical (unpaired) electrons. The van der Waals surface area contributed by atoms with E-state index >= 15 is 0 Å². The normalized spacial score (nSPS) is 12.7. The molecule has 2 nitrogen and oxygen atoms in total. The van der Waals surface area contributed by atoms with Crippen molar-refractivity contribution in [3.05, 3.63) is 35.6 Å². The number of aliphatic hydroxyl groups is 1. The van der Waals surface area contributed by atoms with Crippen molar-refractivity contribution in [2.24, 2.45) is 0 Å². The van der Waals surface area contributed by atoms with E-state index in [0.29, 0.717) is 18.5 Å². The zero-order chi connectivity index (χ0) is 11.1. The van der Waals surface area contributed by atoms with Gasteiger partial charge in [0.1, 0.15) is 5.82 Å². The molecule has 0 spiro atoms. The third-order valence-corrected chi connectivity index (χ3v) is 2.41. The first-order valence-electron chi connectivity index (χ1n) is 5.38. The lowest BCUT2D eigenvalue weighted by molar-refractivity contribution is 0.282. The van der Waals surface area contributed by atoms with Crippen LogP contribution in [-0.2, 0) is 0 Å². The number of hydrogen-bond acceptors (Lipinski definition) is 2. The first-order valence-corrected chi connectivity index (χ1v) is 5.38. The van der Waals surface area contributed by atoms with Crippen molar-refractivity contribution in [2.75, 3.05) is 13.2 Å². The van der Waals surface area contributed by atoms with Crippen LogP contribution in [0.15, 0.2) is 24.3 Å². The standard InChI is InChI=1S/C12H18FNO/c1-2-12(14-8-5-9-15)10-6-3-4-7-11(10)13/h3-4,6-7,12,14-15H,2,5,8-9H2,1H3. The third kappa shape index (κ3) is 3.61. The van der Waals surface area contributed by atoms with E-state index < -0.39 is 0 Å². The first kappa shape index (κ1) is 12.1. The molecule has 0 fully saturated rings. The van der Waals surface area contributed by atoms with Crippen molar-refractivity contribution in [1.82, 2.24) is 5.32 Å². The summed E-state index contributed by atoms with van der Waals surface area (Å²) in [4.78, 5) is 0. The van der Waals surface area contributed by atoms with Gasteiger partial charge in [-0.15, -0.1) is 0 Å². The second kappa shape index (κ2) is 6.53. The van der Waals surface area contributed by atoms with Crippen molar-refractivity contribution in [3.63, 3.8) is 0 Å². The molecular formula is C12H18FNO. The summed E-state index contributed by atoms with van der Waals surface area (Å²) in [5.41, 5.74) is 0.706. The Kier molecular flexibility index (Phi) is 5.29. The molecule has 0 saturated heterocycles. The summed E-state index contributed by atoms with van der Waals surface area (Å²) < 4.78 is 13.4. The average Bonchev–Trinajstić information content (AvgIpc) is 2.26. The summed E-state index contributed by atoms with van der Waals surface area (Å²) in [6, 6.07) is 6.85. The molecule has 84 valence electrons. The van der Waals surface area contributed by atoms with Crippen LogP contribution in [0.4, 0.5) is 4.39 Å². The Labute approximate surface area is 90.1 Å². The second-order valence-corrected chi connectivity index (χ2v) is 3.51. The molecule has 1 unspecified atom stereocenters. The van der Waals surface area contributed by atoms with Gasteiger partial charge in [0.25, 0.3) is 0 Å². The van der Waals surface area contributed by atoms with Crippen molar-refractivity contribution in [3.8, 4) is 0 Å². The minimum Gasteiger partial charge on any atom is -0.396 e. The van der Waals surface area contributed by atoms with Crippen LogP contribution in [0.25, 0.3) is 0 Å². The van der Waals surface area contributed by atoms with Crippen LogP contribution >= 0.6 is 0 Å². The number of halogens is 1. The molecule has 0 heterocycles. The predicted octanol–water partition coefficient (Wildman–Crippen LogP) is 2.25. The Hall–Kier alpha value is -0.930. The number of nitrogens with one attached hydrogen (secondary N) is 1. The lowest BCUT2D eigenvalue weighted by Gasteiger charge is -2.17. The number of hydrogen-bond donors (Lipinski definition) is 2. The van der Waals surface area contributed by atoms with Gasteiger partial charge >= 0.3 is 0 Å². The first-order chi connectivity index (χ1) is 7.29. The van der Waals surface area contributed by atoms with E-state index in [4.69, 9.17) is 5.11 Å². The number of benzene rings is 1. The van der Waals surface area contributed by atoms with Gasteiger partial charge in [-0.1, -0.05) is 25.1 Å². The molecular weight excluding hydrogens is 193 g/mol. The molecule has 0 aliphatic carbocycles. The summed E-state index contributed by atoms with van der Waals surface area (Å²) in [5, 5.41) is 11.9. The van der Waals surface area contributed by atoms with E-state index in [2.05, 4.69) is 5.32 Å². The summed E-state index contributed by atoms with van der Waals surface area (Å²) in [5.74, 6) is -0.166. The number of rotatable bonds is 6. The van der Waals surface area contributed by atoms with Gasteiger partial charge in [-0.25, -0.2) is 4.39 Å². The fourth-order valence-electron chi connectivity index (χ4n) is 1.59. The van der Waals surface area contributed by atoms with Crippen LogP contribution in [0.5, 0.6) is 0 Å². The molecule has 1 aromatic rings. The molecule has 3 heteroatoms. The largest absolute Gasteiger partial charge is 0.396 e. The highest BCUT2D eigenvalue weighted by Crippen LogP contribution is 2.19. The smallest absolute Gasteiger partial charge is 0.127 e. The molecule has 0 bridgehead atoms. The SMILES string of the molecule is CCC(NCCCO)c1ccccc1F. The Morgan fingerprint density at radius 3 is 2.73 bits per heavy atom. The maximum atomic E-state index is 13.4. The van der Waals surface area contributed by atoms with Crippen molar-refractivity contribution in [2.45, 2.75) is 25.8 Å². The molecule has 0 aromatic heterocycles. The monoisotopic (exact) mass is 211 g/mol. The Bertz CT molecular complexity index is 291. The van der Waals surface area contributed by atoms with Gasteiger partial charge in [0, 0.05) is 18.2 Å². The zero-order valence-electron chi connectivity index (χ0n) is 9.04. The fraction of sp³-hybridized carbons (Fsp3) is 0.500. The van der Waals surface area contributed by atoms with Gasteiger partial charge in [0.15, 0.2) is 0 Å². The zero-order valence-corrected chi connectivity index (χ0v) is 9.04. The molecule has 1 aromatic carbocycles. The molecule has 1 rings (SSSR count). The summed E-state index contributed by atoms with van der Waals surface area (Å²) in [6.45, 7) is 2.90. The lowest BCUT2D eigenvalue weighted by Crippen LogP contribution is -2.23. The second-order valence-electron chi connectivity index (χ2n) is 3.51. The van der Waals surface area contributed by atoms with E-state index in [0.717, 1.165) is 6.42 Å². The molecule has 0 amide bonds. The lowest BCUT2D eigenvalue weighted by atomic mass is 10.0. The molecule has 0 aliphatic rings. The van der Waals surface area contributed by atoms with E-state index in [1.165, 1.54) is 6.07 Å². The Balaban J connectivity index is 2.61. The van der Waals surface area contributed by atoms with Crippen LogP contribution in [0, 0.1) is 5.82 Å². The molecule has 15 heavy (non-hydrogen) atoms. The van der Waals surface area contributed by atoms with Gasteiger partial charge in [-0.3, -0.25) is 0 Å². The molecule has 2 N–H and O–H groups in total. The van der Waals surface area contributed by atoms with Crippen LogP contribution in [-0.4, -0.2) is 18.3 Å². The fourth-order valence-corrected chi connectivity index (χ4v) is 1.59. The quantitative estimate of drug-likeness (QED) is 0.707. The summed E-state index contributed by atoms with van der Waals surface area (Å²) in [7, 11) is 0. The highest BCUT2D eigenvalue weighted by atomic mass is 19.1. The van der Waals surface area contributed by atoms with Gasteiger partial charge in [0.2, 0.25) is 0 Å². The van der Waals surface area contributed by atoms with Gasteiger partial charge < -0.3 is 10.4 Å². The highest BCUT2D eigenvalue weighted by molar-refractivity contribution is 5.20. The third-order valence-electron chi connectivity index (χ3n) is 2.41. The maximum Gasteiger partial charge on any atom is 0.127 e. The van der Waals surface area contributed by atoms with Crippen molar-refractivity contribution in [1.29, 1.82) is 0 Å². The Morgan fingerprint density at radius 2 is 2.13 bits per heavy atom. The van der Waals surface area contributed by atoms with Crippen LogP contribution in [0.2, 0.25) is 0 Å². The van der Waals surface area contributed by atoms with E-state index in [1.54, 1.807) is 12.1 Å². The summed E-state index contributed by atoms with van der Waals surface area (Å²) >= 11 is 0. The van der Waals surface area contributed by atoms with Gasteiger partial charge in [-0.2, -0.15) is 0 Å². The van der Waals surface area contributed by atoms with Crippen LogP contribution < -0.4 is 5.32 Å². The van der Waals surface area contributed by atoms with E-state index in [9.17, 15) is 4.39 Å². The summed E-state index contributed by atoms with van der Waals surface area (Å²) in [6.07, 6.45) is 1.54. The van der Waals surface area contributed by atoms with E-state index in [1.807, 2.05) is 13.0 Å². The Morgan fingerprint density at radius 1 is 1.40 bits per heavy atom. The van der Waals surface area contributed by atoms with E-state index in [-0.39, 0.29) is 18.5 Å². The minimum atomic E-state index is -0.166. The van der Waals surface area contributed by atoms with Crippen molar-refractivity contribution >= 4 is 0 Å². The molecule has 0 aliphatic heterocycles. The topological polar surface area (TPSA) is 32.3 Å². The van der Waals surface area contributed by atoms with Gasteiger partial charge in [-0.05, 0) is 25.5 Å². The maximum absolute atomic E-state index is 13.4. The molecule has 1 atom stereocenters. The number of aliphatic hydroxyl groups excluding tert-OH is 1. The average molecular weight is 211 g/mol.